The quantitative estimate of drug-likeness (QED) is 0.683. The molecule has 1 heterocycles. The first-order valence-corrected chi connectivity index (χ1v) is 7.03. The lowest BCUT2D eigenvalue weighted by Crippen LogP contribution is -2.23. The van der Waals surface area contributed by atoms with Crippen molar-refractivity contribution in [3.63, 3.8) is 0 Å². The second-order valence-corrected chi connectivity index (χ2v) is 5.61. The monoisotopic (exact) mass is 342 g/mol. The summed E-state index contributed by atoms with van der Waals surface area (Å²) in [6.45, 7) is 1.33. The minimum atomic E-state index is -1.09. The van der Waals surface area contributed by atoms with Crippen LogP contribution in [-0.4, -0.2) is 14.6 Å². The maximum Gasteiger partial charge on any atom is 0.288 e. The average molecular weight is 343 g/mol. The molecule has 0 fully saturated rings. The molecule has 0 saturated heterocycles. The van der Waals surface area contributed by atoms with Crippen molar-refractivity contribution < 1.29 is 10.0 Å². The van der Waals surface area contributed by atoms with Crippen molar-refractivity contribution in [2.24, 2.45) is 0 Å². The number of aryl methyl sites for hydroxylation is 1. The average Bonchev–Trinajstić information content (AvgIpc) is 2.41. The maximum atomic E-state index is 11.9. The first kappa shape index (κ1) is 16.5. The van der Waals surface area contributed by atoms with Crippen LogP contribution in [-0.2, 0) is 6.54 Å². The Labute approximate surface area is 135 Å². The van der Waals surface area contributed by atoms with Crippen LogP contribution in [0.1, 0.15) is 17.2 Å². The Balaban J connectivity index is 2.36. The first-order valence-electron chi connectivity index (χ1n) is 6.28. The number of hydrogen-bond donors (Lipinski definition) is 1. The molecule has 0 aliphatic rings. The second kappa shape index (κ2) is 6.48. The van der Waals surface area contributed by atoms with E-state index in [2.05, 4.69) is 0 Å². The van der Waals surface area contributed by atoms with Gasteiger partial charge in [-0.15, -0.1) is 0 Å². The highest BCUT2D eigenvalue weighted by atomic mass is 35.5. The second-order valence-electron chi connectivity index (χ2n) is 4.77. The Morgan fingerprint density at radius 3 is 2.64 bits per heavy atom. The van der Waals surface area contributed by atoms with Gasteiger partial charge in [0, 0.05) is 27.2 Å². The molecular formula is C14H12Cl2N2O4. The van der Waals surface area contributed by atoms with Crippen molar-refractivity contribution in [1.29, 1.82) is 0 Å². The van der Waals surface area contributed by atoms with Crippen molar-refractivity contribution in [2.45, 2.75) is 19.6 Å². The number of aliphatic hydroxyl groups is 1. The molecule has 1 aromatic heterocycles. The number of benzene rings is 1. The summed E-state index contributed by atoms with van der Waals surface area (Å²) in [5.41, 5.74) is 0.0349. The van der Waals surface area contributed by atoms with Crippen LogP contribution in [0.3, 0.4) is 0 Å². The zero-order valence-electron chi connectivity index (χ0n) is 11.5. The molecule has 8 heteroatoms. The number of nitro groups is 1. The van der Waals surface area contributed by atoms with E-state index in [-0.39, 0.29) is 22.8 Å². The molecule has 116 valence electrons. The van der Waals surface area contributed by atoms with E-state index in [0.717, 1.165) is 16.8 Å². The number of hydrogen-bond acceptors (Lipinski definition) is 4. The Bertz CT molecular complexity index is 789. The molecule has 2 rings (SSSR count). The van der Waals surface area contributed by atoms with Gasteiger partial charge in [-0.1, -0.05) is 29.3 Å². The number of pyridine rings is 1. The fourth-order valence-corrected chi connectivity index (χ4v) is 2.58. The Morgan fingerprint density at radius 2 is 2.05 bits per heavy atom. The fraction of sp³-hybridized carbons (Fsp3) is 0.214. The first-order chi connectivity index (χ1) is 10.3. The molecule has 2 aromatic rings. The summed E-state index contributed by atoms with van der Waals surface area (Å²) in [4.78, 5) is 22.2. The van der Waals surface area contributed by atoms with Gasteiger partial charge < -0.3 is 9.67 Å². The Morgan fingerprint density at radius 1 is 1.36 bits per heavy atom. The van der Waals surface area contributed by atoms with Crippen LogP contribution in [0.15, 0.2) is 35.3 Å². The SMILES string of the molecule is Cc1cc(=O)n(CC(O)c2ccc(Cl)cc2Cl)cc1[N+](=O)[O-]. The molecule has 1 atom stereocenters. The van der Waals surface area contributed by atoms with Crippen molar-refractivity contribution in [3.05, 3.63) is 72.1 Å². The smallest absolute Gasteiger partial charge is 0.288 e. The Hall–Kier alpha value is -1.89. The summed E-state index contributed by atoms with van der Waals surface area (Å²) >= 11 is 11.8. The molecule has 0 bridgehead atoms. The number of aliphatic hydroxyl groups excluding tert-OH is 1. The lowest BCUT2D eigenvalue weighted by Gasteiger charge is -2.14. The summed E-state index contributed by atoms with van der Waals surface area (Å²) in [5.74, 6) is 0. The van der Waals surface area contributed by atoms with Crippen LogP contribution >= 0.6 is 23.2 Å². The minimum Gasteiger partial charge on any atom is -0.386 e. The molecular weight excluding hydrogens is 331 g/mol. The van der Waals surface area contributed by atoms with E-state index < -0.39 is 16.6 Å². The van der Waals surface area contributed by atoms with Crippen molar-refractivity contribution in [3.8, 4) is 0 Å². The van der Waals surface area contributed by atoms with E-state index in [1.165, 1.54) is 13.0 Å². The van der Waals surface area contributed by atoms with Gasteiger partial charge in [-0.3, -0.25) is 14.9 Å². The molecule has 1 unspecified atom stereocenters. The van der Waals surface area contributed by atoms with Gasteiger partial charge in [0.05, 0.1) is 23.8 Å². The van der Waals surface area contributed by atoms with Gasteiger partial charge in [0.2, 0.25) is 0 Å². The zero-order chi connectivity index (χ0) is 16.4. The van der Waals surface area contributed by atoms with Crippen LogP contribution in [0.2, 0.25) is 10.0 Å². The van der Waals surface area contributed by atoms with E-state index in [9.17, 15) is 20.0 Å². The van der Waals surface area contributed by atoms with Crippen LogP contribution < -0.4 is 5.56 Å². The predicted molar refractivity (Wildman–Crippen MR) is 83.5 cm³/mol. The molecule has 0 aliphatic heterocycles. The lowest BCUT2D eigenvalue weighted by molar-refractivity contribution is -0.386. The highest BCUT2D eigenvalue weighted by Crippen LogP contribution is 2.27. The minimum absolute atomic E-state index is 0.151. The van der Waals surface area contributed by atoms with E-state index in [4.69, 9.17) is 23.2 Å². The standard InChI is InChI=1S/C14H12Cl2N2O4/c1-8-4-14(20)17(6-12(8)18(21)22)7-13(19)10-3-2-9(15)5-11(10)16/h2-6,13,19H,7H2,1H3. The topological polar surface area (TPSA) is 85.4 Å². The number of rotatable bonds is 4. The molecule has 22 heavy (non-hydrogen) atoms. The number of aromatic nitrogens is 1. The Kier molecular flexibility index (Phi) is 4.85. The molecule has 1 aromatic carbocycles. The van der Waals surface area contributed by atoms with Gasteiger partial charge in [-0.25, -0.2) is 0 Å². The normalized spacial score (nSPS) is 12.2. The molecule has 0 amide bonds. The van der Waals surface area contributed by atoms with E-state index in [1.807, 2.05) is 0 Å². The van der Waals surface area contributed by atoms with Crippen LogP contribution in [0, 0.1) is 17.0 Å². The van der Waals surface area contributed by atoms with Crippen molar-refractivity contribution in [2.75, 3.05) is 0 Å². The highest BCUT2D eigenvalue weighted by molar-refractivity contribution is 6.35. The van der Waals surface area contributed by atoms with Gasteiger partial charge in [-0.05, 0) is 19.1 Å². The molecule has 1 N–H and O–H groups in total. The van der Waals surface area contributed by atoms with Crippen molar-refractivity contribution in [1.82, 2.24) is 4.57 Å². The van der Waals surface area contributed by atoms with E-state index in [1.54, 1.807) is 12.1 Å². The van der Waals surface area contributed by atoms with Gasteiger partial charge in [-0.2, -0.15) is 0 Å². The summed E-state index contributed by atoms with van der Waals surface area (Å²) in [5, 5.41) is 21.8. The summed E-state index contributed by atoms with van der Waals surface area (Å²) in [7, 11) is 0. The third kappa shape index (κ3) is 3.47. The number of nitrogens with zero attached hydrogens (tertiary/aromatic N) is 2. The molecule has 0 radical (unpaired) electrons. The third-order valence-corrected chi connectivity index (χ3v) is 3.76. The van der Waals surface area contributed by atoms with E-state index in [0.29, 0.717) is 10.6 Å². The summed E-state index contributed by atoms with van der Waals surface area (Å²) < 4.78 is 1.08. The van der Waals surface area contributed by atoms with Crippen LogP contribution in [0.5, 0.6) is 0 Å². The van der Waals surface area contributed by atoms with Crippen LogP contribution in [0.4, 0.5) is 5.69 Å². The maximum absolute atomic E-state index is 11.9. The van der Waals surface area contributed by atoms with Gasteiger partial charge in [0.15, 0.2) is 0 Å². The highest BCUT2D eigenvalue weighted by Gasteiger charge is 2.17. The summed E-state index contributed by atoms with van der Waals surface area (Å²) in [6, 6.07) is 5.74. The lowest BCUT2D eigenvalue weighted by atomic mass is 10.1. The largest absolute Gasteiger partial charge is 0.386 e. The predicted octanol–water partition coefficient (Wildman–Crippen LogP) is 3.11. The van der Waals surface area contributed by atoms with Gasteiger partial charge >= 0.3 is 0 Å². The van der Waals surface area contributed by atoms with E-state index >= 15 is 0 Å². The summed E-state index contributed by atoms with van der Waals surface area (Å²) in [6.07, 6.45) is 0.0230. The van der Waals surface area contributed by atoms with Crippen LogP contribution in [0.25, 0.3) is 0 Å². The molecule has 0 saturated carbocycles. The van der Waals surface area contributed by atoms with Gasteiger partial charge in [0.25, 0.3) is 11.2 Å². The van der Waals surface area contributed by atoms with Gasteiger partial charge in [0.1, 0.15) is 0 Å². The molecule has 0 spiro atoms. The molecule has 0 aliphatic carbocycles. The molecule has 6 nitrogen and oxygen atoms in total. The number of halogens is 2. The fourth-order valence-electron chi connectivity index (χ4n) is 2.05. The van der Waals surface area contributed by atoms with Crippen molar-refractivity contribution >= 4 is 28.9 Å². The third-order valence-electron chi connectivity index (χ3n) is 3.19. The zero-order valence-corrected chi connectivity index (χ0v) is 13.0.